The number of amides is 2. The number of rotatable bonds is 9. The first-order valence-corrected chi connectivity index (χ1v) is 10.5. The molecule has 3 rings (SSSR count). The Labute approximate surface area is 186 Å². The summed E-state index contributed by atoms with van der Waals surface area (Å²) in [6.45, 7) is 3.35. The van der Waals surface area contributed by atoms with Gasteiger partial charge in [0.25, 0.3) is 0 Å². The molecule has 1 aliphatic carbocycles. The molecule has 2 aromatic carbocycles. The SMILES string of the molecule is COC[C@H](NC(=O)OCC1c2ccccc2-c2ccccc21)C(=O)NC(C(=O)O)C(C)C. The van der Waals surface area contributed by atoms with E-state index in [2.05, 4.69) is 10.6 Å². The number of fused-ring (bicyclic) bond motifs is 3. The Morgan fingerprint density at radius 3 is 2.03 bits per heavy atom. The van der Waals surface area contributed by atoms with Crippen LogP contribution >= 0.6 is 0 Å². The van der Waals surface area contributed by atoms with Crippen molar-refractivity contribution in [2.24, 2.45) is 5.92 Å². The molecule has 2 aromatic rings. The highest BCUT2D eigenvalue weighted by Gasteiger charge is 2.31. The monoisotopic (exact) mass is 440 g/mol. The van der Waals surface area contributed by atoms with E-state index in [0.29, 0.717) is 0 Å². The van der Waals surface area contributed by atoms with Crippen molar-refractivity contribution in [3.05, 3.63) is 59.7 Å². The fourth-order valence-corrected chi connectivity index (χ4v) is 3.90. The highest BCUT2D eigenvalue weighted by molar-refractivity contribution is 5.89. The number of methoxy groups -OCH3 is 1. The van der Waals surface area contributed by atoms with Crippen molar-refractivity contribution in [3.63, 3.8) is 0 Å². The molecule has 1 aliphatic rings. The number of hydrogen-bond acceptors (Lipinski definition) is 5. The number of carboxylic acid groups (broad SMARTS) is 1. The van der Waals surface area contributed by atoms with Crippen LogP contribution in [-0.4, -0.2) is 55.5 Å². The highest BCUT2D eigenvalue weighted by atomic mass is 16.5. The fourth-order valence-electron chi connectivity index (χ4n) is 3.90. The zero-order valence-corrected chi connectivity index (χ0v) is 18.3. The van der Waals surface area contributed by atoms with Gasteiger partial charge in [0.15, 0.2) is 0 Å². The van der Waals surface area contributed by atoms with Gasteiger partial charge in [-0.05, 0) is 28.2 Å². The maximum absolute atomic E-state index is 12.6. The summed E-state index contributed by atoms with van der Waals surface area (Å²) in [6.07, 6.45) is -0.777. The Balaban J connectivity index is 1.65. The summed E-state index contributed by atoms with van der Waals surface area (Å²) in [6, 6.07) is 13.8. The Morgan fingerprint density at radius 1 is 0.969 bits per heavy atom. The van der Waals surface area contributed by atoms with Crippen molar-refractivity contribution in [3.8, 4) is 11.1 Å². The minimum absolute atomic E-state index is 0.102. The van der Waals surface area contributed by atoms with E-state index in [1.54, 1.807) is 13.8 Å². The molecule has 0 radical (unpaired) electrons. The van der Waals surface area contributed by atoms with E-state index in [0.717, 1.165) is 22.3 Å². The summed E-state index contributed by atoms with van der Waals surface area (Å²) >= 11 is 0. The van der Waals surface area contributed by atoms with Gasteiger partial charge < -0.3 is 25.2 Å². The molecule has 0 saturated carbocycles. The molecule has 1 unspecified atom stereocenters. The molecule has 3 N–H and O–H groups in total. The zero-order valence-electron chi connectivity index (χ0n) is 18.3. The normalized spacial score (nSPS) is 14.2. The molecular formula is C24H28N2O6. The zero-order chi connectivity index (χ0) is 23.3. The summed E-state index contributed by atoms with van der Waals surface area (Å²) in [4.78, 5) is 36.4. The van der Waals surface area contributed by atoms with E-state index in [1.807, 2.05) is 48.5 Å². The maximum Gasteiger partial charge on any atom is 0.407 e. The lowest BCUT2D eigenvalue weighted by molar-refractivity contribution is -0.143. The first kappa shape index (κ1) is 23.3. The first-order valence-electron chi connectivity index (χ1n) is 10.5. The lowest BCUT2D eigenvalue weighted by Crippen LogP contribution is -2.54. The number of carbonyl (C=O) groups excluding carboxylic acids is 2. The maximum atomic E-state index is 12.6. The second kappa shape index (κ2) is 10.3. The average Bonchev–Trinajstić information content (AvgIpc) is 3.09. The summed E-state index contributed by atoms with van der Waals surface area (Å²) in [5.74, 6) is -2.23. The smallest absolute Gasteiger partial charge is 0.407 e. The molecule has 170 valence electrons. The Kier molecular flexibility index (Phi) is 7.48. The number of nitrogens with one attached hydrogen (secondary N) is 2. The summed E-state index contributed by atoms with van der Waals surface area (Å²) < 4.78 is 10.5. The number of carboxylic acids is 1. The van der Waals surface area contributed by atoms with Crippen LogP contribution in [0.5, 0.6) is 0 Å². The van der Waals surface area contributed by atoms with Crippen LogP contribution in [-0.2, 0) is 19.1 Å². The van der Waals surface area contributed by atoms with Crippen molar-refractivity contribution in [2.45, 2.75) is 31.8 Å². The van der Waals surface area contributed by atoms with Gasteiger partial charge in [-0.1, -0.05) is 62.4 Å². The molecule has 8 nitrogen and oxygen atoms in total. The Bertz CT molecular complexity index is 944. The molecule has 32 heavy (non-hydrogen) atoms. The Morgan fingerprint density at radius 2 is 1.53 bits per heavy atom. The molecule has 2 amide bonds. The van der Waals surface area contributed by atoms with Crippen molar-refractivity contribution in [1.29, 1.82) is 0 Å². The van der Waals surface area contributed by atoms with Gasteiger partial charge in [-0.25, -0.2) is 9.59 Å². The van der Waals surface area contributed by atoms with E-state index in [9.17, 15) is 19.5 Å². The number of alkyl carbamates (subject to hydrolysis) is 1. The number of ether oxygens (including phenoxy) is 2. The highest BCUT2D eigenvalue weighted by Crippen LogP contribution is 2.44. The van der Waals surface area contributed by atoms with Crippen LogP contribution < -0.4 is 10.6 Å². The standard InChI is InChI=1S/C24H28N2O6/c1-14(2)21(23(28)29)26-22(27)20(13-31-3)25-24(30)32-12-19-17-10-6-4-8-15(17)16-9-5-7-11-18(16)19/h4-11,14,19-21H,12-13H2,1-3H3,(H,25,30)(H,26,27)(H,28,29)/t20-,21?/m0/s1. The number of hydrogen-bond donors (Lipinski definition) is 3. The van der Waals surface area contributed by atoms with E-state index in [4.69, 9.17) is 9.47 Å². The molecule has 0 saturated heterocycles. The molecule has 0 aliphatic heterocycles. The minimum Gasteiger partial charge on any atom is -0.480 e. The predicted octanol–water partition coefficient (Wildman–Crippen LogP) is 2.77. The van der Waals surface area contributed by atoms with Gasteiger partial charge in [-0.2, -0.15) is 0 Å². The second-order valence-electron chi connectivity index (χ2n) is 8.05. The number of aliphatic carboxylic acids is 1. The molecular weight excluding hydrogens is 412 g/mol. The van der Waals surface area contributed by atoms with Gasteiger partial charge in [-0.15, -0.1) is 0 Å². The van der Waals surface area contributed by atoms with Crippen molar-refractivity contribution in [1.82, 2.24) is 10.6 Å². The molecule has 8 heteroatoms. The van der Waals surface area contributed by atoms with Gasteiger partial charge in [-0.3, -0.25) is 4.79 Å². The van der Waals surface area contributed by atoms with Crippen LogP contribution in [0.1, 0.15) is 30.9 Å². The number of carbonyl (C=O) groups is 3. The van der Waals surface area contributed by atoms with Crippen LogP contribution in [0.15, 0.2) is 48.5 Å². The van der Waals surface area contributed by atoms with Crippen LogP contribution in [0.3, 0.4) is 0 Å². The first-order chi connectivity index (χ1) is 15.3. The van der Waals surface area contributed by atoms with Gasteiger partial charge >= 0.3 is 12.1 Å². The largest absolute Gasteiger partial charge is 0.480 e. The summed E-state index contributed by atoms with van der Waals surface area (Å²) in [7, 11) is 1.39. The molecule has 2 atom stereocenters. The van der Waals surface area contributed by atoms with Crippen molar-refractivity contribution in [2.75, 3.05) is 20.3 Å². The number of benzene rings is 2. The summed E-state index contributed by atoms with van der Waals surface area (Å²) in [5.41, 5.74) is 4.38. The molecule has 0 heterocycles. The van der Waals surface area contributed by atoms with Crippen LogP contribution in [0.25, 0.3) is 11.1 Å². The van der Waals surface area contributed by atoms with Gasteiger partial charge in [0.05, 0.1) is 6.61 Å². The predicted molar refractivity (Wildman–Crippen MR) is 118 cm³/mol. The molecule has 0 spiro atoms. The van der Waals surface area contributed by atoms with E-state index in [-0.39, 0.29) is 25.0 Å². The van der Waals surface area contributed by atoms with Crippen LogP contribution in [0.4, 0.5) is 4.79 Å². The van der Waals surface area contributed by atoms with Gasteiger partial charge in [0.2, 0.25) is 5.91 Å². The third kappa shape index (κ3) is 5.08. The third-order valence-electron chi connectivity index (χ3n) is 5.52. The molecule has 0 fully saturated rings. The van der Waals surface area contributed by atoms with Crippen molar-refractivity contribution >= 4 is 18.0 Å². The Hall–Kier alpha value is -3.39. The lowest BCUT2D eigenvalue weighted by atomic mass is 9.98. The van der Waals surface area contributed by atoms with E-state index in [1.165, 1.54) is 7.11 Å². The van der Waals surface area contributed by atoms with Crippen molar-refractivity contribution < 1.29 is 29.0 Å². The average molecular weight is 440 g/mol. The van der Waals surface area contributed by atoms with Crippen LogP contribution in [0.2, 0.25) is 0 Å². The quantitative estimate of drug-likeness (QED) is 0.553. The van der Waals surface area contributed by atoms with E-state index < -0.39 is 30.1 Å². The molecule has 0 aromatic heterocycles. The second-order valence-corrected chi connectivity index (χ2v) is 8.05. The minimum atomic E-state index is -1.15. The topological polar surface area (TPSA) is 114 Å². The van der Waals surface area contributed by atoms with E-state index >= 15 is 0 Å². The van der Waals surface area contributed by atoms with Gasteiger partial charge in [0.1, 0.15) is 18.7 Å². The molecule has 0 bridgehead atoms. The lowest BCUT2D eigenvalue weighted by Gasteiger charge is -2.23. The van der Waals surface area contributed by atoms with Gasteiger partial charge in [0, 0.05) is 13.0 Å². The third-order valence-corrected chi connectivity index (χ3v) is 5.52. The van der Waals surface area contributed by atoms with Crippen LogP contribution in [0, 0.1) is 5.92 Å². The summed E-state index contributed by atoms with van der Waals surface area (Å²) in [5, 5.41) is 14.2. The fraction of sp³-hybridized carbons (Fsp3) is 0.375.